The molecule has 2 aliphatic rings. The van der Waals surface area contributed by atoms with Crippen LogP contribution in [0.15, 0.2) is 9.98 Å². The van der Waals surface area contributed by atoms with Gasteiger partial charge in [-0.3, -0.25) is 4.79 Å². The highest BCUT2D eigenvalue weighted by Gasteiger charge is 2.41. The van der Waals surface area contributed by atoms with Crippen molar-refractivity contribution in [3.63, 3.8) is 0 Å². The van der Waals surface area contributed by atoms with Crippen molar-refractivity contribution in [1.29, 1.82) is 0 Å². The van der Waals surface area contributed by atoms with Crippen molar-refractivity contribution in [3.8, 4) is 0 Å². The van der Waals surface area contributed by atoms with E-state index < -0.39 is 0 Å². The molecule has 2 N–H and O–H groups in total. The molecule has 0 aromatic heterocycles. The molecule has 1 saturated carbocycles. The van der Waals surface area contributed by atoms with Gasteiger partial charge in [-0.1, -0.05) is 20.8 Å². The first-order valence-electron chi connectivity index (χ1n) is 10.8. The quantitative estimate of drug-likeness (QED) is 0.267. The summed E-state index contributed by atoms with van der Waals surface area (Å²) in [5.41, 5.74) is 0.0561. The largest absolute Gasteiger partial charge is 0.466 e. The second-order valence-corrected chi connectivity index (χ2v) is 8.93. The lowest BCUT2D eigenvalue weighted by Crippen LogP contribution is -2.39. The number of esters is 1. The summed E-state index contributed by atoms with van der Waals surface area (Å²) in [6.07, 6.45) is 9.71. The third kappa shape index (κ3) is 15.5. The molecule has 2 unspecified atom stereocenters. The third-order valence-corrected chi connectivity index (χ3v) is 4.94. The smallest absolute Gasteiger partial charge is 0.305 e. The van der Waals surface area contributed by atoms with Crippen LogP contribution in [0.3, 0.4) is 0 Å². The molecule has 2 atom stereocenters. The summed E-state index contributed by atoms with van der Waals surface area (Å²) < 4.78 is 9.40. The van der Waals surface area contributed by atoms with E-state index in [1.165, 1.54) is 0 Å². The number of aliphatic hydroxyl groups is 2. The Bertz CT molecular complexity index is 585. The van der Waals surface area contributed by atoms with Gasteiger partial charge in [0.15, 0.2) is 0 Å². The number of carbonyl (C=O) groups excluding carboxylic acids is 3. The van der Waals surface area contributed by atoms with Crippen molar-refractivity contribution >= 4 is 18.1 Å². The highest BCUT2D eigenvalue weighted by Crippen LogP contribution is 2.47. The maximum atomic E-state index is 10.5. The molecule has 1 saturated heterocycles. The van der Waals surface area contributed by atoms with E-state index in [2.05, 4.69) is 35.5 Å². The van der Waals surface area contributed by atoms with Crippen molar-refractivity contribution < 1.29 is 34.1 Å². The van der Waals surface area contributed by atoms with Crippen LogP contribution in [0.2, 0.25) is 0 Å². The molecular formula is C22H38N2O7. The van der Waals surface area contributed by atoms with Crippen LogP contribution < -0.4 is 0 Å². The topological polar surface area (TPSA) is 135 Å². The van der Waals surface area contributed by atoms with Gasteiger partial charge in [0.2, 0.25) is 12.2 Å². The van der Waals surface area contributed by atoms with Crippen molar-refractivity contribution in [2.24, 2.45) is 20.8 Å². The molecule has 0 radical (unpaired) electrons. The number of hydrogen-bond acceptors (Lipinski definition) is 9. The summed E-state index contributed by atoms with van der Waals surface area (Å²) in [5, 5.41) is 16.2. The Balaban J connectivity index is 0.000000499. The number of ether oxygens (including phenoxy) is 2. The Morgan fingerprint density at radius 2 is 1.74 bits per heavy atom. The van der Waals surface area contributed by atoms with Crippen molar-refractivity contribution in [3.05, 3.63) is 0 Å². The maximum Gasteiger partial charge on any atom is 0.305 e. The summed E-state index contributed by atoms with van der Waals surface area (Å²) in [6, 6.07) is 0.00750. The van der Waals surface area contributed by atoms with Gasteiger partial charge in [0.25, 0.3) is 0 Å². The van der Waals surface area contributed by atoms with Crippen molar-refractivity contribution in [2.45, 2.75) is 71.8 Å². The minimum atomic E-state index is -0.0653. The normalized spacial score (nSPS) is 24.4. The molecule has 0 aromatic carbocycles. The first-order valence-corrected chi connectivity index (χ1v) is 10.8. The fourth-order valence-corrected chi connectivity index (χ4v) is 4.13. The van der Waals surface area contributed by atoms with Crippen LogP contribution in [0.25, 0.3) is 0 Å². The van der Waals surface area contributed by atoms with Crippen LogP contribution in [-0.4, -0.2) is 74.0 Å². The van der Waals surface area contributed by atoms with Gasteiger partial charge in [0, 0.05) is 6.42 Å². The number of isocyanates is 2. The third-order valence-electron chi connectivity index (χ3n) is 4.94. The zero-order chi connectivity index (χ0) is 23.6. The molecule has 31 heavy (non-hydrogen) atoms. The molecule has 1 aliphatic carbocycles. The van der Waals surface area contributed by atoms with Gasteiger partial charge in [0.05, 0.1) is 45.6 Å². The molecule has 9 heteroatoms. The minimum Gasteiger partial charge on any atom is -0.466 e. The fraction of sp³-hybridized carbons (Fsp3) is 0.864. The summed E-state index contributed by atoms with van der Waals surface area (Å²) in [6.45, 7) is 8.19. The second kappa shape index (κ2) is 16.8. The maximum absolute atomic E-state index is 10.5. The zero-order valence-corrected chi connectivity index (χ0v) is 19.1. The van der Waals surface area contributed by atoms with Crippen LogP contribution >= 0.6 is 0 Å². The molecule has 1 aliphatic heterocycles. The lowest BCUT2D eigenvalue weighted by Gasteiger charge is -2.44. The Labute approximate surface area is 184 Å². The molecule has 1 heterocycles. The van der Waals surface area contributed by atoms with Gasteiger partial charge in [0.1, 0.15) is 0 Å². The van der Waals surface area contributed by atoms with E-state index in [4.69, 9.17) is 14.9 Å². The van der Waals surface area contributed by atoms with E-state index in [1.807, 2.05) is 0 Å². The number of aliphatic hydroxyl groups excluding tert-OH is 2. The van der Waals surface area contributed by atoms with E-state index in [-0.39, 0.29) is 36.1 Å². The number of rotatable bonds is 7. The minimum absolute atomic E-state index is 0.00750. The lowest BCUT2D eigenvalue weighted by molar-refractivity contribution is -0.142. The number of nitrogens with zero attached hydrogens (tertiary/aromatic N) is 2. The van der Waals surface area contributed by atoms with Gasteiger partial charge in [-0.25, -0.2) is 19.6 Å². The number of aliphatic imine (C=N–C) groups is 2. The Morgan fingerprint density at radius 1 is 1.06 bits per heavy atom. The van der Waals surface area contributed by atoms with Crippen molar-refractivity contribution in [1.82, 2.24) is 0 Å². The monoisotopic (exact) mass is 442 g/mol. The summed E-state index contributed by atoms with van der Waals surface area (Å²) in [5.74, 6) is -0.0255. The summed E-state index contributed by atoms with van der Waals surface area (Å²) >= 11 is 0. The molecule has 2 rings (SSSR count). The molecule has 9 nitrogen and oxygen atoms in total. The van der Waals surface area contributed by atoms with Gasteiger partial charge >= 0.3 is 5.97 Å². The molecular weight excluding hydrogens is 404 g/mol. The Morgan fingerprint density at radius 3 is 2.32 bits per heavy atom. The van der Waals surface area contributed by atoms with E-state index in [9.17, 15) is 14.4 Å². The van der Waals surface area contributed by atoms with Crippen molar-refractivity contribution in [2.75, 3.05) is 39.6 Å². The standard InChI is InChI=1S/C12H18N2O2.C6H10O2.C4H10O3/c1-11(2)4-10(14-9-16)5-12(3,6-11)7-13-8-15;7-6-4-2-1-3-5-8-6;5-1-3-7-4-2-6/h10H,4-7H2,1-3H3;1-5H2;5-6H,1-4H2. The van der Waals surface area contributed by atoms with Crippen LogP contribution in [0.5, 0.6) is 0 Å². The lowest BCUT2D eigenvalue weighted by atomic mass is 9.63. The van der Waals surface area contributed by atoms with E-state index in [0.717, 1.165) is 38.5 Å². The fourth-order valence-electron chi connectivity index (χ4n) is 4.13. The zero-order valence-electron chi connectivity index (χ0n) is 19.1. The second-order valence-electron chi connectivity index (χ2n) is 8.93. The van der Waals surface area contributed by atoms with E-state index in [1.54, 1.807) is 12.2 Å². The first kappa shape index (κ1) is 29.1. The van der Waals surface area contributed by atoms with Crippen LogP contribution in [0.1, 0.15) is 65.7 Å². The molecule has 0 bridgehead atoms. The van der Waals surface area contributed by atoms with E-state index >= 15 is 0 Å². The summed E-state index contributed by atoms with van der Waals surface area (Å²) in [4.78, 5) is 38.5. The van der Waals surface area contributed by atoms with Gasteiger partial charge in [-0.15, -0.1) is 0 Å². The highest BCUT2D eigenvalue weighted by atomic mass is 16.5. The highest BCUT2D eigenvalue weighted by molar-refractivity contribution is 5.69. The van der Waals surface area contributed by atoms with Crippen LogP contribution in [-0.2, 0) is 23.9 Å². The average molecular weight is 443 g/mol. The average Bonchev–Trinajstić information content (AvgIpc) is 2.94. The molecule has 178 valence electrons. The number of hydrogen-bond donors (Lipinski definition) is 2. The van der Waals surface area contributed by atoms with Gasteiger partial charge in [-0.2, -0.15) is 0 Å². The molecule has 2 fully saturated rings. The first-order chi connectivity index (χ1) is 14.7. The predicted octanol–water partition coefficient (Wildman–Crippen LogP) is 2.33. The molecule has 0 spiro atoms. The SMILES string of the molecule is CC1(C)CC(N=C=O)CC(C)(CN=C=O)C1.O=C1CCCCCO1.OCCOCCO. The summed E-state index contributed by atoms with van der Waals surface area (Å²) in [7, 11) is 0. The predicted molar refractivity (Wildman–Crippen MR) is 115 cm³/mol. The number of cyclic esters (lactones) is 1. The van der Waals surface area contributed by atoms with Crippen LogP contribution in [0.4, 0.5) is 0 Å². The van der Waals surface area contributed by atoms with Crippen LogP contribution in [0, 0.1) is 10.8 Å². The number of carbonyl (C=O) groups is 1. The Kier molecular flexibility index (Phi) is 15.7. The van der Waals surface area contributed by atoms with E-state index in [0.29, 0.717) is 32.8 Å². The molecule has 0 amide bonds. The Hall–Kier alpha value is -1.89. The van der Waals surface area contributed by atoms with Gasteiger partial charge in [-0.05, 0) is 49.4 Å². The molecule has 0 aromatic rings. The van der Waals surface area contributed by atoms with Gasteiger partial charge < -0.3 is 19.7 Å².